The van der Waals surface area contributed by atoms with Crippen molar-refractivity contribution in [3.05, 3.63) is 53.9 Å². The number of aromatic nitrogens is 1. The van der Waals surface area contributed by atoms with Gasteiger partial charge in [0.05, 0.1) is 11.5 Å². The van der Waals surface area contributed by atoms with Crippen molar-refractivity contribution < 1.29 is 13.2 Å². The molecule has 20 heavy (non-hydrogen) atoms. The average Bonchev–Trinajstić information content (AvgIpc) is 2.89. The highest BCUT2D eigenvalue weighted by Crippen LogP contribution is 2.17. The maximum atomic E-state index is 12.6. The standard InChI is InChI=1S/C15H19NO3S/c1-3-19-12-10-14-5-4-11-16(14)20(17,18)15-8-6-13(2)7-9-15/h4-9,11H,3,10,12H2,1-2H3. The van der Waals surface area contributed by atoms with E-state index < -0.39 is 10.0 Å². The van der Waals surface area contributed by atoms with Crippen molar-refractivity contribution in [3.63, 3.8) is 0 Å². The van der Waals surface area contributed by atoms with E-state index in [0.717, 1.165) is 11.3 Å². The lowest BCUT2D eigenvalue weighted by Crippen LogP contribution is -2.16. The number of ether oxygens (including phenoxy) is 1. The lowest BCUT2D eigenvalue weighted by Gasteiger charge is -2.11. The highest BCUT2D eigenvalue weighted by Gasteiger charge is 2.18. The quantitative estimate of drug-likeness (QED) is 0.769. The van der Waals surface area contributed by atoms with E-state index in [1.165, 1.54) is 3.97 Å². The Morgan fingerprint density at radius 1 is 1.15 bits per heavy atom. The Bertz CT molecular complexity index is 657. The number of aryl methyl sites for hydroxylation is 1. The third-order valence-electron chi connectivity index (χ3n) is 3.08. The normalized spacial score (nSPS) is 11.7. The molecular weight excluding hydrogens is 274 g/mol. The SMILES string of the molecule is CCOCCc1cccn1S(=O)(=O)c1ccc(C)cc1. The third-order valence-corrected chi connectivity index (χ3v) is 4.82. The van der Waals surface area contributed by atoms with Crippen LogP contribution in [0.5, 0.6) is 0 Å². The van der Waals surface area contributed by atoms with Gasteiger partial charge in [0.15, 0.2) is 0 Å². The molecule has 1 heterocycles. The molecule has 0 aliphatic rings. The first kappa shape index (κ1) is 14.8. The van der Waals surface area contributed by atoms with Crippen LogP contribution >= 0.6 is 0 Å². The van der Waals surface area contributed by atoms with E-state index in [0.29, 0.717) is 24.5 Å². The van der Waals surface area contributed by atoms with E-state index >= 15 is 0 Å². The van der Waals surface area contributed by atoms with Gasteiger partial charge in [-0.05, 0) is 38.1 Å². The number of hydrogen-bond acceptors (Lipinski definition) is 3. The molecule has 0 N–H and O–H groups in total. The summed E-state index contributed by atoms with van der Waals surface area (Å²) >= 11 is 0. The van der Waals surface area contributed by atoms with Gasteiger partial charge in [0, 0.05) is 24.9 Å². The fourth-order valence-corrected chi connectivity index (χ4v) is 3.37. The third kappa shape index (κ3) is 3.11. The molecule has 0 saturated heterocycles. The van der Waals surface area contributed by atoms with Gasteiger partial charge in [0.1, 0.15) is 0 Å². The van der Waals surface area contributed by atoms with Gasteiger partial charge in [-0.2, -0.15) is 0 Å². The van der Waals surface area contributed by atoms with Gasteiger partial charge in [-0.15, -0.1) is 0 Å². The van der Waals surface area contributed by atoms with Gasteiger partial charge < -0.3 is 4.74 Å². The summed E-state index contributed by atoms with van der Waals surface area (Å²) in [6, 6.07) is 10.4. The second kappa shape index (κ2) is 6.24. The number of hydrogen-bond donors (Lipinski definition) is 0. The zero-order valence-corrected chi connectivity index (χ0v) is 12.6. The zero-order valence-electron chi connectivity index (χ0n) is 11.7. The van der Waals surface area contributed by atoms with Crippen molar-refractivity contribution in [1.29, 1.82) is 0 Å². The summed E-state index contributed by atoms with van der Waals surface area (Å²) in [6.45, 7) is 5.00. The van der Waals surface area contributed by atoms with E-state index in [1.807, 2.05) is 19.9 Å². The smallest absolute Gasteiger partial charge is 0.267 e. The Morgan fingerprint density at radius 2 is 1.85 bits per heavy atom. The monoisotopic (exact) mass is 293 g/mol. The van der Waals surface area contributed by atoms with Crippen LogP contribution in [0.2, 0.25) is 0 Å². The Hall–Kier alpha value is -1.59. The lowest BCUT2D eigenvalue weighted by atomic mass is 10.2. The number of nitrogens with zero attached hydrogens (tertiary/aromatic N) is 1. The van der Waals surface area contributed by atoms with E-state index in [-0.39, 0.29) is 0 Å². The first-order valence-corrected chi connectivity index (χ1v) is 8.06. The van der Waals surface area contributed by atoms with Crippen molar-refractivity contribution in [3.8, 4) is 0 Å². The highest BCUT2D eigenvalue weighted by atomic mass is 32.2. The van der Waals surface area contributed by atoms with Crippen molar-refractivity contribution in [1.82, 2.24) is 3.97 Å². The van der Waals surface area contributed by atoms with Gasteiger partial charge >= 0.3 is 0 Å². The Balaban J connectivity index is 2.30. The molecule has 108 valence electrons. The molecule has 0 aliphatic heterocycles. The molecule has 0 aliphatic carbocycles. The van der Waals surface area contributed by atoms with Crippen LogP contribution in [-0.2, 0) is 21.2 Å². The molecule has 0 spiro atoms. The molecule has 4 nitrogen and oxygen atoms in total. The van der Waals surface area contributed by atoms with Crippen LogP contribution in [0.4, 0.5) is 0 Å². The average molecular weight is 293 g/mol. The van der Waals surface area contributed by atoms with Crippen LogP contribution in [-0.4, -0.2) is 25.6 Å². The topological polar surface area (TPSA) is 48.3 Å². The predicted octanol–water partition coefficient (Wildman–Crippen LogP) is 2.61. The minimum atomic E-state index is -3.52. The van der Waals surface area contributed by atoms with E-state index in [1.54, 1.807) is 36.5 Å². The van der Waals surface area contributed by atoms with Crippen molar-refractivity contribution >= 4 is 10.0 Å². The van der Waals surface area contributed by atoms with Crippen molar-refractivity contribution in [2.24, 2.45) is 0 Å². The zero-order chi connectivity index (χ0) is 14.6. The Labute approximate surface area is 120 Å². The Morgan fingerprint density at radius 3 is 2.50 bits per heavy atom. The minimum Gasteiger partial charge on any atom is -0.381 e. The maximum Gasteiger partial charge on any atom is 0.267 e. The van der Waals surface area contributed by atoms with Crippen LogP contribution in [0, 0.1) is 6.92 Å². The summed E-state index contributed by atoms with van der Waals surface area (Å²) in [5.74, 6) is 0. The molecule has 0 fully saturated rings. The predicted molar refractivity (Wildman–Crippen MR) is 78.4 cm³/mol. The van der Waals surface area contributed by atoms with Crippen LogP contribution in [0.15, 0.2) is 47.5 Å². The van der Waals surface area contributed by atoms with E-state index in [9.17, 15) is 8.42 Å². The van der Waals surface area contributed by atoms with Gasteiger partial charge in [0.25, 0.3) is 10.0 Å². The maximum absolute atomic E-state index is 12.6. The molecule has 0 amide bonds. The number of benzene rings is 1. The molecule has 0 radical (unpaired) electrons. The molecule has 0 unspecified atom stereocenters. The molecule has 1 aromatic carbocycles. The fourth-order valence-electron chi connectivity index (χ4n) is 1.97. The molecule has 0 bridgehead atoms. The summed E-state index contributed by atoms with van der Waals surface area (Å²) in [7, 11) is -3.52. The van der Waals surface area contributed by atoms with Crippen LogP contribution in [0.3, 0.4) is 0 Å². The van der Waals surface area contributed by atoms with Crippen LogP contribution in [0.25, 0.3) is 0 Å². The summed E-state index contributed by atoms with van der Waals surface area (Å²) in [6.07, 6.45) is 2.16. The second-order valence-corrected chi connectivity index (χ2v) is 6.38. The highest BCUT2D eigenvalue weighted by molar-refractivity contribution is 7.90. The number of rotatable bonds is 6. The van der Waals surface area contributed by atoms with Crippen molar-refractivity contribution in [2.75, 3.05) is 13.2 Å². The molecule has 0 atom stereocenters. The second-order valence-electron chi connectivity index (χ2n) is 4.56. The summed E-state index contributed by atoms with van der Waals surface area (Å²) in [5.41, 5.74) is 1.77. The first-order chi connectivity index (χ1) is 9.55. The van der Waals surface area contributed by atoms with Gasteiger partial charge in [0.2, 0.25) is 0 Å². The molecule has 0 saturated carbocycles. The minimum absolute atomic E-state index is 0.303. The van der Waals surface area contributed by atoms with Gasteiger partial charge in [-0.3, -0.25) is 0 Å². The Kier molecular flexibility index (Phi) is 4.62. The molecule has 1 aromatic heterocycles. The molecule has 2 aromatic rings. The van der Waals surface area contributed by atoms with Gasteiger partial charge in [-0.1, -0.05) is 17.7 Å². The first-order valence-electron chi connectivity index (χ1n) is 6.62. The van der Waals surface area contributed by atoms with E-state index in [4.69, 9.17) is 4.74 Å². The molecular formula is C15H19NO3S. The molecule has 5 heteroatoms. The van der Waals surface area contributed by atoms with Gasteiger partial charge in [-0.25, -0.2) is 12.4 Å². The summed E-state index contributed by atoms with van der Waals surface area (Å²) in [5, 5.41) is 0. The lowest BCUT2D eigenvalue weighted by molar-refractivity contribution is 0.150. The van der Waals surface area contributed by atoms with Crippen LogP contribution in [0.1, 0.15) is 18.2 Å². The summed E-state index contributed by atoms with van der Waals surface area (Å²) in [4.78, 5) is 0.303. The largest absolute Gasteiger partial charge is 0.381 e. The van der Waals surface area contributed by atoms with Crippen LogP contribution < -0.4 is 0 Å². The summed E-state index contributed by atoms with van der Waals surface area (Å²) < 4.78 is 31.8. The van der Waals surface area contributed by atoms with E-state index in [2.05, 4.69) is 0 Å². The fraction of sp³-hybridized carbons (Fsp3) is 0.333. The molecule has 2 rings (SSSR count). The van der Waals surface area contributed by atoms with Crippen molar-refractivity contribution in [2.45, 2.75) is 25.2 Å².